The van der Waals surface area contributed by atoms with Gasteiger partial charge in [0.1, 0.15) is 0 Å². The number of nitrogens with one attached hydrogen (secondary N) is 1. The third-order valence-electron chi connectivity index (χ3n) is 4.13. The average molecular weight is 318 g/mol. The second-order valence-electron chi connectivity index (χ2n) is 6.15. The number of aliphatic hydroxyl groups excluding tert-OH is 1. The molecule has 0 saturated heterocycles. The van der Waals surface area contributed by atoms with Crippen molar-refractivity contribution in [2.24, 2.45) is 0 Å². The van der Waals surface area contributed by atoms with Gasteiger partial charge in [-0.1, -0.05) is 18.2 Å². The smallest absolute Gasteiger partial charge is 0.225 e. The van der Waals surface area contributed by atoms with Crippen LogP contribution in [0.4, 0.5) is 0 Å². The van der Waals surface area contributed by atoms with Crippen molar-refractivity contribution in [3.63, 3.8) is 0 Å². The number of aryl methyl sites for hydroxylation is 1. The number of carbonyl (C=O) groups excluding carboxylic acids is 1. The molecule has 0 aliphatic rings. The summed E-state index contributed by atoms with van der Waals surface area (Å²) in [5.74, 6) is -0.0583. The van der Waals surface area contributed by atoms with Crippen LogP contribution in [0.3, 0.4) is 0 Å². The van der Waals surface area contributed by atoms with Gasteiger partial charge >= 0.3 is 0 Å². The molecule has 0 saturated carbocycles. The van der Waals surface area contributed by atoms with Gasteiger partial charge in [-0.2, -0.15) is 0 Å². The predicted octanol–water partition coefficient (Wildman–Crippen LogP) is 2.11. The highest BCUT2D eigenvalue weighted by molar-refractivity contribution is 5.89. The summed E-state index contributed by atoms with van der Waals surface area (Å²) < 4.78 is 7.33. The van der Waals surface area contributed by atoms with Crippen molar-refractivity contribution < 1.29 is 14.6 Å². The van der Waals surface area contributed by atoms with Crippen molar-refractivity contribution >= 4 is 16.8 Å². The highest BCUT2D eigenvalue weighted by atomic mass is 16.5. The molecule has 0 fully saturated rings. The minimum Gasteiger partial charge on any atom is -0.396 e. The van der Waals surface area contributed by atoms with Crippen LogP contribution >= 0.6 is 0 Å². The lowest BCUT2D eigenvalue weighted by Gasteiger charge is -2.29. The fourth-order valence-electron chi connectivity index (χ4n) is 3.02. The molecule has 1 amide bonds. The van der Waals surface area contributed by atoms with Crippen LogP contribution in [0.25, 0.3) is 10.9 Å². The van der Waals surface area contributed by atoms with Gasteiger partial charge in [-0.25, -0.2) is 0 Å². The molecule has 1 unspecified atom stereocenters. The normalized spacial score (nSPS) is 13.9. The first kappa shape index (κ1) is 17.5. The standard InChI is InChI=1S/C18H26N2O3/c1-4-20-12-14(15-7-5-6-8-16(15)20)11-17(22)19-18(2,9-10-21)13-23-3/h5-8,12,21H,4,9-11,13H2,1-3H3,(H,19,22). The van der Waals surface area contributed by atoms with Crippen molar-refractivity contribution in [2.45, 2.75) is 38.8 Å². The van der Waals surface area contributed by atoms with Gasteiger partial charge < -0.3 is 19.7 Å². The van der Waals surface area contributed by atoms with Crippen molar-refractivity contribution in [1.82, 2.24) is 9.88 Å². The van der Waals surface area contributed by atoms with E-state index in [0.717, 1.165) is 23.0 Å². The molecule has 1 atom stereocenters. The molecule has 0 spiro atoms. The van der Waals surface area contributed by atoms with Gasteiger partial charge in [0.25, 0.3) is 0 Å². The Bertz CT molecular complexity index is 657. The number of methoxy groups -OCH3 is 1. The average Bonchev–Trinajstić information content (AvgIpc) is 2.85. The molecule has 1 aromatic heterocycles. The van der Waals surface area contributed by atoms with Crippen LogP contribution in [0, 0.1) is 0 Å². The van der Waals surface area contributed by atoms with Crippen LogP contribution in [-0.4, -0.2) is 41.4 Å². The summed E-state index contributed by atoms with van der Waals surface area (Å²) >= 11 is 0. The zero-order chi connectivity index (χ0) is 16.9. The van der Waals surface area contributed by atoms with Crippen molar-refractivity contribution in [3.05, 3.63) is 36.0 Å². The Hall–Kier alpha value is -1.85. The summed E-state index contributed by atoms with van der Waals surface area (Å²) in [4.78, 5) is 12.5. The maximum absolute atomic E-state index is 12.5. The Balaban J connectivity index is 2.17. The molecule has 23 heavy (non-hydrogen) atoms. The predicted molar refractivity (Wildman–Crippen MR) is 91.4 cm³/mol. The largest absolute Gasteiger partial charge is 0.396 e. The van der Waals surface area contributed by atoms with Crippen LogP contribution in [0.2, 0.25) is 0 Å². The zero-order valence-corrected chi connectivity index (χ0v) is 14.1. The van der Waals surface area contributed by atoms with Crippen molar-refractivity contribution in [1.29, 1.82) is 0 Å². The fourth-order valence-corrected chi connectivity index (χ4v) is 3.02. The first-order valence-electron chi connectivity index (χ1n) is 8.00. The van der Waals surface area contributed by atoms with E-state index in [4.69, 9.17) is 4.74 Å². The topological polar surface area (TPSA) is 63.5 Å². The molecule has 0 aliphatic carbocycles. The van der Waals surface area contributed by atoms with Gasteiger partial charge in [0.15, 0.2) is 0 Å². The quantitative estimate of drug-likeness (QED) is 0.783. The molecule has 1 heterocycles. The highest BCUT2D eigenvalue weighted by Gasteiger charge is 2.26. The second-order valence-corrected chi connectivity index (χ2v) is 6.15. The van der Waals surface area contributed by atoms with Gasteiger partial charge in [0.05, 0.1) is 18.6 Å². The summed E-state index contributed by atoms with van der Waals surface area (Å²) in [6.07, 6.45) is 2.82. The molecule has 2 aromatic rings. The Labute approximate surface area is 137 Å². The fraction of sp³-hybridized carbons (Fsp3) is 0.500. The molecule has 2 rings (SSSR count). The number of nitrogens with zero attached hydrogens (tertiary/aromatic N) is 1. The van der Waals surface area contributed by atoms with Crippen LogP contribution in [0.15, 0.2) is 30.5 Å². The maximum Gasteiger partial charge on any atom is 0.225 e. The van der Waals surface area contributed by atoms with Gasteiger partial charge in [-0.05, 0) is 31.9 Å². The maximum atomic E-state index is 12.5. The Morgan fingerprint density at radius 2 is 2.13 bits per heavy atom. The summed E-state index contributed by atoms with van der Waals surface area (Å²) in [6, 6.07) is 8.12. The molecule has 5 heteroatoms. The SMILES string of the molecule is CCn1cc(CC(=O)NC(C)(CCO)COC)c2ccccc21. The Morgan fingerprint density at radius 3 is 2.78 bits per heavy atom. The Morgan fingerprint density at radius 1 is 1.39 bits per heavy atom. The molecule has 1 aromatic carbocycles. The number of carbonyl (C=O) groups is 1. The summed E-state index contributed by atoms with van der Waals surface area (Å²) in [5, 5.41) is 13.3. The molecule has 126 valence electrons. The van der Waals surface area contributed by atoms with Crippen LogP contribution < -0.4 is 5.32 Å². The van der Waals surface area contributed by atoms with Gasteiger partial charge in [-0.15, -0.1) is 0 Å². The summed E-state index contributed by atoms with van der Waals surface area (Å²) in [7, 11) is 1.59. The van der Waals surface area contributed by atoms with E-state index in [-0.39, 0.29) is 12.5 Å². The lowest BCUT2D eigenvalue weighted by molar-refractivity contribution is -0.123. The molecular weight excluding hydrogens is 292 g/mol. The van der Waals surface area contributed by atoms with Gasteiger partial charge in [0.2, 0.25) is 5.91 Å². The second kappa shape index (κ2) is 7.62. The number of benzene rings is 1. The number of aliphatic hydroxyl groups is 1. The molecular formula is C18H26N2O3. The van der Waals surface area contributed by atoms with E-state index in [1.54, 1.807) is 7.11 Å². The molecule has 0 radical (unpaired) electrons. The van der Waals surface area contributed by atoms with Gasteiger partial charge in [-0.3, -0.25) is 4.79 Å². The van der Waals surface area contributed by atoms with E-state index in [1.165, 1.54) is 0 Å². The number of para-hydroxylation sites is 1. The number of rotatable bonds is 8. The van der Waals surface area contributed by atoms with Crippen molar-refractivity contribution in [3.8, 4) is 0 Å². The molecule has 5 nitrogen and oxygen atoms in total. The lowest BCUT2D eigenvalue weighted by atomic mass is 9.98. The number of amides is 1. The third-order valence-corrected chi connectivity index (χ3v) is 4.13. The lowest BCUT2D eigenvalue weighted by Crippen LogP contribution is -2.50. The highest BCUT2D eigenvalue weighted by Crippen LogP contribution is 2.22. The van der Waals surface area contributed by atoms with Crippen LogP contribution in [-0.2, 0) is 22.5 Å². The van der Waals surface area contributed by atoms with E-state index < -0.39 is 5.54 Å². The van der Waals surface area contributed by atoms with E-state index in [2.05, 4.69) is 22.9 Å². The van der Waals surface area contributed by atoms with Crippen molar-refractivity contribution in [2.75, 3.05) is 20.3 Å². The van der Waals surface area contributed by atoms with Gasteiger partial charge in [0, 0.05) is 37.4 Å². The van der Waals surface area contributed by atoms with E-state index in [9.17, 15) is 9.90 Å². The molecule has 2 N–H and O–H groups in total. The van der Waals surface area contributed by atoms with E-state index >= 15 is 0 Å². The minimum atomic E-state index is -0.552. The van der Waals surface area contributed by atoms with E-state index in [0.29, 0.717) is 19.4 Å². The number of hydrogen-bond acceptors (Lipinski definition) is 3. The van der Waals surface area contributed by atoms with Crippen LogP contribution in [0.1, 0.15) is 25.8 Å². The number of fused-ring (bicyclic) bond motifs is 1. The zero-order valence-electron chi connectivity index (χ0n) is 14.1. The monoisotopic (exact) mass is 318 g/mol. The molecule has 0 aliphatic heterocycles. The first-order valence-corrected chi connectivity index (χ1v) is 8.00. The van der Waals surface area contributed by atoms with Crippen LogP contribution in [0.5, 0.6) is 0 Å². The van der Waals surface area contributed by atoms with E-state index in [1.807, 2.05) is 31.3 Å². The Kier molecular flexibility index (Phi) is 5.80. The molecule has 0 bridgehead atoms. The first-order chi connectivity index (χ1) is 11.0. The minimum absolute atomic E-state index is 0.00921. The third kappa shape index (κ3) is 4.12. The number of ether oxygens (including phenoxy) is 1. The summed E-state index contributed by atoms with van der Waals surface area (Å²) in [6.45, 7) is 5.23. The number of aromatic nitrogens is 1. The number of hydrogen-bond donors (Lipinski definition) is 2. The summed E-state index contributed by atoms with van der Waals surface area (Å²) in [5.41, 5.74) is 1.61.